The van der Waals surface area contributed by atoms with E-state index in [1.54, 1.807) is 0 Å². The third-order valence-electron chi connectivity index (χ3n) is 7.71. The van der Waals surface area contributed by atoms with Crippen molar-refractivity contribution in [3.63, 3.8) is 0 Å². The van der Waals surface area contributed by atoms with Gasteiger partial charge in [-0.05, 0) is 87.3 Å². The molecule has 2 heterocycles. The Balaban J connectivity index is 0.00000529. The van der Waals surface area contributed by atoms with Crippen LogP contribution >= 0.6 is 12.4 Å². The van der Waals surface area contributed by atoms with Crippen molar-refractivity contribution in [3.8, 4) is 11.5 Å². The summed E-state index contributed by atoms with van der Waals surface area (Å²) in [4.78, 5) is 2.94. The van der Waals surface area contributed by atoms with E-state index in [4.69, 9.17) is 14.2 Å². The molecule has 0 amide bonds. The summed E-state index contributed by atoms with van der Waals surface area (Å²) in [5.41, 5.74) is 0. The minimum absolute atomic E-state index is 0. The predicted molar refractivity (Wildman–Crippen MR) is 150 cm³/mol. The van der Waals surface area contributed by atoms with Crippen LogP contribution in [0.1, 0.15) is 25.7 Å². The normalized spacial score (nSPS) is 21.7. The number of benzene rings is 2. The number of alkyl halides is 6. The van der Waals surface area contributed by atoms with Crippen LogP contribution in [0.25, 0.3) is 0 Å². The lowest BCUT2D eigenvalue weighted by Gasteiger charge is -2.38. The Labute approximate surface area is 257 Å². The van der Waals surface area contributed by atoms with Gasteiger partial charge in [-0.15, -0.1) is 12.4 Å². The molecule has 44 heavy (non-hydrogen) atoms. The zero-order valence-corrected chi connectivity index (χ0v) is 24.8. The van der Waals surface area contributed by atoms with E-state index in [0.29, 0.717) is 50.3 Å². The Kier molecular flexibility index (Phi) is 13.4. The van der Waals surface area contributed by atoms with Crippen molar-refractivity contribution in [1.82, 2.24) is 9.80 Å². The molecule has 0 aliphatic carbocycles. The molecular formula is C30H37ClF8N2O3. The summed E-state index contributed by atoms with van der Waals surface area (Å²) in [5, 5.41) is 0. The number of halogens is 9. The van der Waals surface area contributed by atoms with Crippen LogP contribution in [-0.4, -0.2) is 86.8 Å². The molecule has 248 valence electrons. The van der Waals surface area contributed by atoms with Gasteiger partial charge in [0.1, 0.15) is 23.1 Å². The molecule has 2 aromatic carbocycles. The highest BCUT2D eigenvalue weighted by Gasteiger charge is 2.50. The Hall–Kier alpha value is -2.35. The van der Waals surface area contributed by atoms with E-state index < -0.39 is 49.3 Å². The Bertz CT molecular complexity index is 1030. The Morgan fingerprint density at radius 1 is 0.636 bits per heavy atom. The van der Waals surface area contributed by atoms with Crippen molar-refractivity contribution in [2.75, 3.05) is 52.5 Å². The van der Waals surface area contributed by atoms with E-state index in [1.165, 1.54) is 58.3 Å². The van der Waals surface area contributed by atoms with Crippen LogP contribution in [0.2, 0.25) is 0 Å². The van der Waals surface area contributed by atoms with Crippen LogP contribution in [0.4, 0.5) is 35.1 Å². The Morgan fingerprint density at radius 3 is 1.34 bits per heavy atom. The largest absolute Gasteiger partial charge is 0.493 e. The first-order valence-corrected chi connectivity index (χ1v) is 14.4. The fourth-order valence-electron chi connectivity index (χ4n) is 5.51. The number of nitrogens with zero attached hydrogens (tertiary/aromatic N) is 2. The molecule has 2 aliphatic rings. The molecule has 0 saturated carbocycles. The van der Waals surface area contributed by atoms with Gasteiger partial charge in [0.15, 0.2) is 12.2 Å². The van der Waals surface area contributed by atoms with E-state index in [9.17, 15) is 35.1 Å². The SMILES string of the molecule is Cl.Fc1ccc(OCC2CCCN(C[C@H](O[C@@H](CN3CCCC(COc4ccc(F)cc4)C3)C(F)(F)F)C(F)(F)F)C2)cc1. The number of likely N-dealkylation sites (tertiary alicyclic amines) is 2. The third-order valence-corrected chi connectivity index (χ3v) is 7.71. The van der Waals surface area contributed by atoms with E-state index >= 15 is 0 Å². The maximum absolute atomic E-state index is 14.0. The molecule has 2 saturated heterocycles. The van der Waals surface area contributed by atoms with Crippen molar-refractivity contribution < 1.29 is 49.3 Å². The summed E-state index contributed by atoms with van der Waals surface area (Å²) >= 11 is 0. The van der Waals surface area contributed by atoms with Gasteiger partial charge in [-0.25, -0.2) is 8.78 Å². The summed E-state index contributed by atoms with van der Waals surface area (Å²) < 4.78 is 127. The lowest BCUT2D eigenvalue weighted by atomic mass is 9.98. The van der Waals surface area contributed by atoms with Crippen molar-refractivity contribution >= 4 is 12.4 Å². The van der Waals surface area contributed by atoms with Crippen molar-refractivity contribution in [2.24, 2.45) is 11.8 Å². The zero-order valence-electron chi connectivity index (χ0n) is 24.0. The molecule has 0 N–H and O–H groups in total. The van der Waals surface area contributed by atoms with Gasteiger partial charge >= 0.3 is 12.4 Å². The first-order chi connectivity index (χ1) is 20.3. The molecule has 4 rings (SSSR count). The van der Waals surface area contributed by atoms with Gasteiger partial charge in [0.05, 0.1) is 13.2 Å². The Morgan fingerprint density at radius 2 is 1.00 bits per heavy atom. The zero-order chi connectivity index (χ0) is 31.0. The van der Waals surface area contributed by atoms with E-state index in [0.717, 1.165) is 0 Å². The average molecular weight is 661 g/mol. The minimum atomic E-state index is -5.01. The monoisotopic (exact) mass is 660 g/mol. The summed E-state index contributed by atoms with van der Waals surface area (Å²) in [6.07, 6.45) is -12.8. The van der Waals surface area contributed by atoms with Gasteiger partial charge in [-0.2, -0.15) is 26.3 Å². The fourth-order valence-corrected chi connectivity index (χ4v) is 5.51. The van der Waals surface area contributed by atoms with Gasteiger partial charge in [0.25, 0.3) is 0 Å². The first kappa shape index (κ1) is 36.1. The summed E-state index contributed by atoms with van der Waals surface area (Å²) in [6.45, 7) is -0.0827. The van der Waals surface area contributed by atoms with Crippen molar-refractivity contribution in [2.45, 2.75) is 50.2 Å². The topological polar surface area (TPSA) is 34.2 Å². The quantitative estimate of drug-likeness (QED) is 0.226. The van der Waals surface area contributed by atoms with Crippen molar-refractivity contribution in [1.29, 1.82) is 0 Å². The predicted octanol–water partition coefficient (Wildman–Crippen LogP) is 7.15. The van der Waals surface area contributed by atoms with Gasteiger partial charge in [-0.3, -0.25) is 9.80 Å². The van der Waals surface area contributed by atoms with Crippen LogP contribution in [0, 0.1) is 23.5 Å². The molecule has 0 aromatic heterocycles. The third kappa shape index (κ3) is 11.5. The van der Waals surface area contributed by atoms with E-state index in [2.05, 4.69) is 0 Å². The maximum atomic E-state index is 14.0. The first-order valence-electron chi connectivity index (χ1n) is 14.4. The van der Waals surface area contributed by atoms with E-state index in [-0.39, 0.29) is 50.5 Å². The minimum Gasteiger partial charge on any atom is -0.493 e. The van der Waals surface area contributed by atoms with Crippen LogP contribution in [-0.2, 0) is 4.74 Å². The molecule has 2 unspecified atom stereocenters. The number of ether oxygens (including phenoxy) is 3. The lowest BCUT2D eigenvalue weighted by molar-refractivity contribution is -0.291. The second-order valence-corrected chi connectivity index (χ2v) is 11.3. The standard InChI is InChI=1S/C30H36F8N2O3.ClH/c31-23-5-9-25(10-6-23)41-19-21-3-1-13-39(15-21)17-27(29(33,34)35)43-28(30(36,37)38)18-40-14-2-4-22(16-40)20-42-26-11-7-24(32)8-12-26;/h5-12,21-22,27-28H,1-4,13-20H2;1H/t21?,22?,27-,28-;/m0./s1. The summed E-state index contributed by atoms with van der Waals surface area (Å²) in [7, 11) is 0. The number of hydrogen-bond donors (Lipinski definition) is 0. The molecule has 2 aliphatic heterocycles. The number of hydrogen-bond acceptors (Lipinski definition) is 5. The van der Waals surface area contributed by atoms with Gasteiger partial charge in [-0.1, -0.05) is 0 Å². The molecule has 0 spiro atoms. The lowest BCUT2D eigenvalue weighted by Crippen LogP contribution is -2.53. The van der Waals surface area contributed by atoms with Gasteiger partial charge in [0, 0.05) is 38.0 Å². The smallest absolute Gasteiger partial charge is 0.415 e. The second kappa shape index (κ2) is 16.3. The molecule has 14 heteroatoms. The highest BCUT2D eigenvalue weighted by Crippen LogP contribution is 2.33. The van der Waals surface area contributed by atoms with E-state index in [1.807, 2.05) is 0 Å². The molecule has 0 bridgehead atoms. The number of piperidine rings is 2. The average Bonchev–Trinajstić information content (AvgIpc) is 2.95. The molecule has 0 radical (unpaired) electrons. The summed E-state index contributed by atoms with van der Waals surface area (Å²) in [5.74, 6) is -0.304. The molecule has 2 aromatic rings. The van der Waals surface area contributed by atoms with Gasteiger partial charge in [0.2, 0.25) is 0 Å². The molecular weight excluding hydrogens is 624 g/mol. The maximum Gasteiger partial charge on any atom is 0.415 e. The molecule has 5 nitrogen and oxygen atoms in total. The van der Waals surface area contributed by atoms with Gasteiger partial charge < -0.3 is 14.2 Å². The highest BCUT2D eigenvalue weighted by atomic mass is 35.5. The highest BCUT2D eigenvalue weighted by molar-refractivity contribution is 5.85. The second-order valence-electron chi connectivity index (χ2n) is 11.3. The van der Waals surface area contributed by atoms with Crippen molar-refractivity contribution in [3.05, 3.63) is 60.2 Å². The summed E-state index contributed by atoms with van der Waals surface area (Å²) in [6, 6.07) is 10.7. The van der Waals surface area contributed by atoms with Crippen LogP contribution < -0.4 is 9.47 Å². The number of rotatable bonds is 12. The molecule has 4 atom stereocenters. The van der Waals surface area contributed by atoms with Crippen LogP contribution in [0.15, 0.2) is 48.5 Å². The fraction of sp³-hybridized carbons (Fsp3) is 0.600. The van der Waals surface area contributed by atoms with Crippen LogP contribution in [0.5, 0.6) is 11.5 Å². The molecule has 2 fully saturated rings. The van der Waals surface area contributed by atoms with Crippen LogP contribution in [0.3, 0.4) is 0 Å².